The number of nitrogens with zero attached hydrogens (tertiary/aromatic N) is 6. The van der Waals surface area contributed by atoms with Gasteiger partial charge in [0.05, 0.1) is 22.2 Å². The van der Waals surface area contributed by atoms with Gasteiger partial charge in [-0.1, -0.05) is 13.8 Å². The second-order valence-corrected chi connectivity index (χ2v) is 10.6. The summed E-state index contributed by atoms with van der Waals surface area (Å²) in [6, 6.07) is 6.27. The number of fused-ring (bicyclic) bond motifs is 1. The summed E-state index contributed by atoms with van der Waals surface area (Å²) in [6.07, 6.45) is 1.74. The van der Waals surface area contributed by atoms with E-state index >= 15 is 0 Å². The summed E-state index contributed by atoms with van der Waals surface area (Å²) >= 11 is 6.04. The summed E-state index contributed by atoms with van der Waals surface area (Å²) in [4.78, 5) is 26.9. The Balaban J connectivity index is 1.71. The molecule has 0 spiro atoms. The van der Waals surface area contributed by atoms with E-state index in [2.05, 4.69) is 18.7 Å². The van der Waals surface area contributed by atoms with Gasteiger partial charge in [-0.05, 0) is 57.4 Å². The molecule has 1 aliphatic rings. The Morgan fingerprint density at radius 3 is 2.37 bits per heavy atom. The molecule has 9 heteroatoms. The van der Waals surface area contributed by atoms with Gasteiger partial charge in [0.1, 0.15) is 17.5 Å². The quantitative estimate of drug-likeness (QED) is 0.437. The van der Waals surface area contributed by atoms with E-state index < -0.39 is 5.41 Å². The van der Waals surface area contributed by atoms with Gasteiger partial charge >= 0.3 is 0 Å². The van der Waals surface area contributed by atoms with Crippen LogP contribution in [-0.2, 0) is 11.2 Å². The van der Waals surface area contributed by atoms with Crippen molar-refractivity contribution in [2.24, 2.45) is 11.3 Å². The van der Waals surface area contributed by atoms with Crippen molar-refractivity contribution >= 4 is 34.4 Å². The molecule has 0 N–H and O–H groups in total. The normalized spacial score (nSPS) is 14.9. The minimum atomic E-state index is -0.581. The molecule has 3 heterocycles. The fraction of sp³-hybridized carbons (Fsp3) is 0.538. The summed E-state index contributed by atoms with van der Waals surface area (Å²) < 4.78 is 15.3. The second-order valence-electron chi connectivity index (χ2n) is 10.4. The molecule has 4 rings (SSSR count). The lowest BCUT2D eigenvalue weighted by Gasteiger charge is -2.38. The first-order valence-corrected chi connectivity index (χ1v) is 12.8. The maximum atomic E-state index is 13.6. The average molecular weight is 501 g/mol. The molecule has 0 aliphatic carbocycles. The van der Waals surface area contributed by atoms with Gasteiger partial charge in [0.25, 0.3) is 0 Å². The number of hydrogen-bond acceptors (Lipinski definition) is 5. The van der Waals surface area contributed by atoms with Crippen LogP contribution in [0.25, 0.3) is 16.7 Å². The number of halogens is 2. The first-order chi connectivity index (χ1) is 16.6. The van der Waals surface area contributed by atoms with Crippen molar-refractivity contribution < 1.29 is 9.18 Å². The Bertz CT molecular complexity index is 1200. The number of carbonyl (C=O) groups excluding carboxylic acids is 1. The van der Waals surface area contributed by atoms with Crippen LogP contribution in [0.2, 0.25) is 0 Å². The largest absolute Gasteiger partial charge is 0.352 e. The number of aromatic nitrogens is 4. The molecular weight excluding hydrogens is 467 g/mol. The first kappa shape index (κ1) is 25.4. The molecule has 1 saturated heterocycles. The third-order valence-electron chi connectivity index (χ3n) is 6.53. The highest BCUT2D eigenvalue weighted by Crippen LogP contribution is 2.31. The van der Waals surface area contributed by atoms with Crippen LogP contribution in [0.5, 0.6) is 0 Å². The van der Waals surface area contributed by atoms with E-state index in [-0.39, 0.29) is 11.7 Å². The van der Waals surface area contributed by atoms with Gasteiger partial charge in [-0.15, -0.1) is 11.6 Å². The molecule has 2 aromatic heterocycles. The zero-order chi connectivity index (χ0) is 25.3. The standard InChI is InChI=1S/C26H34ClFN6O/c1-17(2)6-11-21-29-23(32-12-14-33(15-13-32)25(35)26(4,5)16-27)22-18(3)31-34(24(22)30-21)20-9-7-19(28)8-10-20/h7-10,17H,6,11-16H2,1-5H3. The van der Waals surface area contributed by atoms with Crippen molar-refractivity contribution in [1.82, 2.24) is 24.6 Å². The van der Waals surface area contributed by atoms with Gasteiger partial charge in [-0.2, -0.15) is 5.10 Å². The Morgan fingerprint density at radius 1 is 1.11 bits per heavy atom. The number of amides is 1. The fourth-order valence-electron chi connectivity index (χ4n) is 4.33. The van der Waals surface area contributed by atoms with Crippen LogP contribution in [0.1, 0.15) is 45.6 Å². The minimum Gasteiger partial charge on any atom is -0.352 e. The van der Waals surface area contributed by atoms with Crippen LogP contribution in [0.4, 0.5) is 10.2 Å². The molecule has 3 aromatic rings. The molecule has 0 radical (unpaired) electrons. The minimum absolute atomic E-state index is 0.0814. The highest BCUT2D eigenvalue weighted by Gasteiger charge is 2.34. The second kappa shape index (κ2) is 10.1. The lowest BCUT2D eigenvalue weighted by atomic mass is 9.94. The number of benzene rings is 1. The summed E-state index contributed by atoms with van der Waals surface area (Å²) in [5, 5.41) is 5.65. The lowest BCUT2D eigenvalue weighted by Crippen LogP contribution is -2.52. The highest BCUT2D eigenvalue weighted by molar-refractivity contribution is 6.19. The van der Waals surface area contributed by atoms with Gasteiger partial charge in [0.2, 0.25) is 5.91 Å². The molecule has 0 atom stereocenters. The van der Waals surface area contributed by atoms with Crippen LogP contribution in [0.15, 0.2) is 24.3 Å². The molecule has 1 fully saturated rings. The van der Waals surface area contributed by atoms with E-state index in [1.165, 1.54) is 12.1 Å². The molecule has 1 aromatic carbocycles. The van der Waals surface area contributed by atoms with Crippen molar-refractivity contribution in [3.05, 3.63) is 41.6 Å². The lowest BCUT2D eigenvalue weighted by molar-refractivity contribution is -0.139. The number of aryl methyl sites for hydroxylation is 2. The third-order valence-corrected chi connectivity index (χ3v) is 7.19. The van der Waals surface area contributed by atoms with E-state index in [9.17, 15) is 9.18 Å². The Kier molecular flexibility index (Phi) is 7.31. The van der Waals surface area contributed by atoms with Gasteiger partial charge in [-0.25, -0.2) is 19.0 Å². The number of piperazine rings is 1. The average Bonchev–Trinajstić information content (AvgIpc) is 3.18. The third kappa shape index (κ3) is 5.27. The molecule has 0 saturated carbocycles. The maximum Gasteiger partial charge on any atom is 0.229 e. The van der Waals surface area contributed by atoms with Crippen molar-refractivity contribution in [3.8, 4) is 5.69 Å². The van der Waals surface area contributed by atoms with Gasteiger partial charge in [-0.3, -0.25) is 4.79 Å². The van der Waals surface area contributed by atoms with Gasteiger partial charge in [0, 0.05) is 38.5 Å². The van der Waals surface area contributed by atoms with Gasteiger partial charge in [0.15, 0.2) is 5.65 Å². The number of anilines is 1. The van der Waals surface area contributed by atoms with Crippen LogP contribution in [0.3, 0.4) is 0 Å². The van der Waals surface area contributed by atoms with Crippen molar-refractivity contribution in [2.75, 3.05) is 37.0 Å². The number of hydrogen-bond donors (Lipinski definition) is 0. The Labute approximate surface area is 211 Å². The SMILES string of the molecule is Cc1nn(-c2ccc(F)cc2)c2nc(CCC(C)C)nc(N3CCN(C(=O)C(C)(C)CCl)CC3)c12. The zero-order valence-electron chi connectivity index (χ0n) is 21.2. The molecule has 35 heavy (non-hydrogen) atoms. The highest BCUT2D eigenvalue weighted by atomic mass is 35.5. The number of carbonyl (C=O) groups is 1. The summed E-state index contributed by atoms with van der Waals surface area (Å²) in [5.74, 6) is 2.23. The van der Waals surface area contributed by atoms with E-state index in [1.54, 1.807) is 16.8 Å². The molecular formula is C26H34ClFN6O. The monoisotopic (exact) mass is 500 g/mol. The Morgan fingerprint density at radius 2 is 1.77 bits per heavy atom. The predicted molar refractivity (Wildman–Crippen MR) is 138 cm³/mol. The zero-order valence-corrected chi connectivity index (χ0v) is 21.9. The van der Waals surface area contributed by atoms with Crippen LogP contribution < -0.4 is 4.90 Å². The van der Waals surface area contributed by atoms with Crippen LogP contribution >= 0.6 is 11.6 Å². The molecule has 1 aliphatic heterocycles. The van der Waals surface area contributed by atoms with Crippen molar-refractivity contribution in [3.63, 3.8) is 0 Å². The summed E-state index contributed by atoms with van der Waals surface area (Å²) in [5.41, 5.74) is 1.71. The van der Waals surface area contributed by atoms with Crippen molar-refractivity contribution in [1.29, 1.82) is 0 Å². The van der Waals surface area contributed by atoms with Crippen LogP contribution in [-0.4, -0.2) is 62.6 Å². The smallest absolute Gasteiger partial charge is 0.229 e. The van der Waals surface area contributed by atoms with Crippen LogP contribution in [0, 0.1) is 24.1 Å². The maximum absolute atomic E-state index is 13.6. The van der Waals surface area contributed by atoms with E-state index in [0.29, 0.717) is 38.0 Å². The first-order valence-electron chi connectivity index (χ1n) is 12.2. The molecule has 188 valence electrons. The predicted octanol–water partition coefficient (Wildman–Crippen LogP) is 4.77. The summed E-state index contributed by atoms with van der Waals surface area (Å²) in [7, 11) is 0. The molecule has 0 bridgehead atoms. The fourth-order valence-corrected chi connectivity index (χ4v) is 4.45. The van der Waals surface area contributed by atoms with E-state index in [4.69, 9.17) is 26.7 Å². The molecule has 0 unspecified atom stereocenters. The van der Waals surface area contributed by atoms with E-state index in [0.717, 1.165) is 46.9 Å². The topological polar surface area (TPSA) is 67.2 Å². The van der Waals surface area contributed by atoms with Gasteiger partial charge < -0.3 is 9.80 Å². The van der Waals surface area contributed by atoms with Crippen molar-refractivity contribution in [2.45, 2.75) is 47.5 Å². The summed E-state index contributed by atoms with van der Waals surface area (Å²) in [6.45, 7) is 12.6. The molecule has 1 amide bonds. The number of rotatable bonds is 7. The number of alkyl halides is 1. The Hall–Kier alpha value is -2.74. The molecule has 7 nitrogen and oxygen atoms in total. The van der Waals surface area contributed by atoms with E-state index in [1.807, 2.05) is 25.7 Å².